The first-order chi connectivity index (χ1) is 10.5. The second-order valence-electron chi connectivity index (χ2n) is 4.24. The third-order valence-electron chi connectivity index (χ3n) is 2.64. The van der Waals surface area contributed by atoms with Crippen LogP contribution in [0.5, 0.6) is 5.75 Å². The zero-order valence-corrected chi connectivity index (χ0v) is 11.1. The van der Waals surface area contributed by atoms with Crippen LogP contribution < -0.4 is 15.6 Å². The highest BCUT2D eigenvalue weighted by Crippen LogP contribution is 2.22. The van der Waals surface area contributed by atoms with Gasteiger partial charge in [0, 0.05) is 24.0 Å². The lowest BCUT2D eigenvalue weighted by atomic mass is 10.3. The van der Waals surface area contributed by atoms with Gasteiger partial charge in [0.25, 0.3) is 5.56 Å². The third-order valence-corrected chi connectivity index (χ3v) is 2.64. The number of pyridine rings is 1. The van der Waals surface area contributed by atoms with Crippen LogP contribution in [0.25, 0.3) is 0 Å². The first kappa shape index (κ1) is 15.6. The summed E-state index contributed by atoms with van der Waals surface area (Å²) in [4.78, 5) is 23.2. The molecule has 0 spiro atoms. The summed E-state index contributed by atoms with van der Waals surface area (Å²) in [6.45, 7) is -3.39. The van der Waals surface area contributed by atoms with Gasteiger partial charge in [-0.25, -0.2) is 4.39 Å². The molecule has 0 fully saturated rings. The largest absolute Gasteiger partial charge is 0.432 e. The lowest BCUT2D eigenvalue weighted by Crippen LogP contribution is -2.26. The Morgan fingerprint density at radius 1 is 1.27 bits per heavy atom. The summed E-state index contributed by atoms with van der Waals surface area (Å²) in [6, 6.07) is 7.46. The predicted molar refractivity (Wildman–Crippen MR) is 72.4 cm³/mol. The number of nitrogens with zero attached hydrogens (tertiary/aromatic N) is 1. The lowest BCUT2D eigenvalue weighted by molar-refractivity contribution is -0.116. The van der Waals surface area contributed by atoms with Crippen LogP contribution >= 0.6 is 0 Å². The quantitative estimate of drug-likeness (QED) is 0.921. The summed E-state index contributed by atoms with van der Waals surface area (Å²) in [7, 11) is 0. The van der Waals surface area contributed by atoms with Crippen molar-refractivity contribution in [2.75, 3.05) is 5.32 Å². The predicted octanol–water partition coefficient (Wildman–Crippen LogP) is 2.23. The molecule has 1 amide bonds. The molecule has 2 aromatic rings. The van der Waals surface area contributed by atoms with Crippen molar-refractivity contribution in [1.29, 1.82) is 0 Å². The number of nitrogens with one attached hydrogen (secondary N) is 1. The molecule has 1 heterocycles. The van der Waals surface area contributed by atoms with Crippen molar-refractivity contribution in [2.24, 2.45) is 0 Å². The topological polar surface area (TPSA) is 60.3 Å². The fourth-order valence-corrected chi connectivity index (χ4v) is 1.72. The minimum atomic E-state index is -3.14. The van der Waals surface area contributed by atoms with Crippen LogP contribution in [-0.2, 0) is 11.3 Å². The molecule has 5 nitrogen and oxygen atoms in total. The van der Waals surface area contributed by atoms with Crippen molar-refractivity contribution in [3.63, 3.8) is 0 Å². The van der Waals surface area contributed by atoms with Crippen LogP contribution in [0.3, 0.4) is 0 Å². The van der Waals surface area contributed by atoms with E-state index in [1.807, 2.05) is 0 Å². The van der Waals surface area contributed by atoms with Gasteiger partial charge < -0.3 is 14.6 Å². The summed E-state index contributed by atoms with van der Waals surface area (Å²) in [5, 5.41) is 2.36. The summed E-state index contributed by atoms with van der Waals surface area (Å²) < 4.78 is 42.6. The van der Waals surface area contributed by atoms with Crippen molar-refractivity contribution in [3.05, 3.63) is 58.8 Å². The smallest absolute Gasteiger partial charge is 0.387 e. The van der Waals surface area contributed by atoms with Crippen LogP contribution in [0.1, 0.15) is 0 Å². The molecule has 1 aromatic heterocycles. The van der Waals surface area contributed by atoms with Crippen molar-refractivity contribution >= 4 is 11.6 Å². The van der Waals surface area contributed by atoms with Gasteiger partial charge in [-0.05, 0) is 18.2 Å². The zero-order valence-electron chi connectivity index (χ0n) is 11.1. The highest BCUT2D eigenvalue weighted by atomic mass is 19.3. The number of carbonyl (C=O) groups excluding carboxylic acids is 1. The van der Waals surface area contributed by atoms with Gasteiger partial charge in [0.05, 0.1) is 0 Å². The average molecular weight is 312 g/mol. The first-order valence-electron chi connectivity index (χ1n) is 6.15. The molecule has 0 aliphatic heterocycles. The Labute approximate surface area is 122 Å². The van der Waals surface area contributed by atoms with E-state index in [2.05, 4.69) is 10.1 Å². The van der Waals surface area contributed by atoms with E-state index in [0.717, 1.165) is 12.1 Å². The molecule has 0 bridgehead atoms. The van der Waals surface area contributed by atoms with E-state index in [1.165, 1.54) is 29.0 Å². The minimum Gasteiger partial charge on any atom is -0.432 e. The number of hydrogen-bond acceptors (Lipinski definition) is 3. The van der Waals surface area contributed by atoms with E-state index < -0.39 is 24.1 Å². The molecule has 22 heavy (non-hydrogen) atoms. The molecule has 116 valence electrons. The number of rotatable bonds is 5. The maximum Gasteiger partial charge on any atom is 0.387 e. The van der Waals surface area contributed by atoms with Gasteiger partial charge in [-0.15, -0.1) is 0 Å². The molecule has 0 unspecified atom stereocenters. The van der Waals surface area contributed by atoms with Crippen LogP contribution in [0.2, 0.25) is 0 Å². The molecule has 1 aromatic carbocycles. The lowest BCUT2D eigenvalue weighted by Gasteiger charge is -2.09. The number of carbonyl (C=O) groups is 1. The second kappa shape index (κ2) is 6.79. The first-order valence-corrected chi connectivity index (χ1v) is 6.15. The van der Waals surface area contributed by atoms with Gasteiger partial charge in [0.2, 0.25) is 5.91 Å². The number of aromatic nitrogens is 1. The fourth-order valence-electron chi connectivity index (χ4n) is 1.72. The van der Waals surface area contributed by atoms with Crippen LogP contribution in [-0.4, -0.2) is 17.1 Å². The second-order valence-corrected chi connectivity index (χ2v) is 4.24. The highest BCUT2D eigenvalue weighted by molar-refractivity contribution is 5.90. The third kappa shape index (κ3) is 4.11. The van der Waals surface area contributed by atoms with Crippen molar-refractivity contribution < 1.29 is 22.7 Å². The average Bonchev–Trinajstić information content (AvgIpc) is 2.44. The van der Waals surface area contributed by atoms with Gasteiger partial charge in [0.15, 0.2) is 11.6 Å². The molecule has 2 rings (SSSR count). The Kier molecular flexibility index (Phi) is 4.82. The Hall–Kier alpha value is -2.77. The summed E-state index contributed by atoms with van der Waals surface area (Å²) in [5.41, 5.74) is -0.294. The van der Waals surface area contributed by atoms with E-state index in [1.54, 1.807) is 6.07 Å². The standard InChI is InChI=1S/C14H11F3N2O3/c15-10-7-9(4-5-11(10)22-14(16)17)18-12(20)8-19-6-2-1-3-13(19)21/h1-7,14H,8H2,(H,18,20). The van der Waals surface area contributed by atoms with Crippen LogP contribution in [0, 0.1) is 5.82 Å². The van der Waals surface area contributed by atoms with E-state index in [4.69, 9.17) is 0 Å². The number of benzene rings is 1. The minimum absolute atomic E-state index is 0.0631. The Balaban J connectivity index is 2.04. The molecular weight excluding hydrogens is 301 g/mol. The molecule has 0 aliphatic carbocycles. The number of anilines is 1. The van der Waals surface area contributed by atoms with Gasteiger partial charge in [-0.2, -0.15) is 8.78 Å². The zero-order chi connectivity index (χ0) is 16.1. The fraction of sp³-hybridized carbons (Fsp3) is 0.143. The molecular formula is C14H11F3N2O3. The number of halogens is 3. The van der Waals surface area contributed by atoms with Crippen molar-refractivity contribution in [1.82, 2.24) is 4.57 Å². The monoisotopic (exact) mass is 312 g/mol. The Morgan fingerprint density at radius 3 is 2.68 bits per heavy atom. The molecule has 0 radical (unpaired) electrons. The van der Waals surface area contributed by atoms with Crippen molar-refractivity contribution in [3.8, 4) is 5.75 Å². The summed E-state index contributed by atoms with van der Waals surface area (Å²) >= 11 is 0. The number of ether oxygens (including phenoxy) is 1. The van der Waals surface area contributed by atoms with Gasteiger partial charge in [0.1, 0.15) is 6.54 Å². The van der Waals surface area contributed by atoms with E-state index in [9.17, 15) is 22.8 Å². The maximum absolute atomic E-state index is 13.5. The van der Waals surface area contributed by atoms with Gasteiger partial charge >= 0.3 is 6.61 Å². The molecule has 8 heteroatoms. The number of alkyl halides is 2. The molecule has 1 N–H and O–H groups in total. The van der Waals surface area contributed by atoms with E-state index >= 15 is 0 Å². The molecule has 0 aliphatic rings. The Morgan fingerprint density at radius 2 is 2.05 bits per heavy atom. The van der Waals surface area contributed by atoms with Gasteiger partial charge in [-0.3, -0.25) is 9.59 Å². The molecule has 0 saturated carbocycles. The highest BCUT2D eigenvalue weighted by Gasteiger charge is 2.11. The molecule has 0 atom stereocenters. The number of hydrogen-bond donors (Lipinski definition) is 1. The molecule has 0 saturated heterocycles. The summed E-state index contributed by atoms with van der Waals surface area (Å²) in [6.07, 6.45) is 1.43. The maximum atomic E-state index is 13.5. The number of amides is 1. The van der Waals surface area contributed by atoms with E-state index in [0.29, 0.717) is 0 Å². The van der Waals surface area contributed by atoms with Crippen molar-refractivity contribution in [2.45, 2.75) is 13.2 Å². The van der Waals surface area contributed by atoms with E-state index in [-0.39, 0.29) is 17.8 Å². The van der Waals surface area contributed by atoms with Gasteiger partial charge in [-0.1, -0.05) is 6.07 Å². The van der Waals surface area contributed by atoms with Crippen LogP contribution in [0.4, 0.5) is 18.9 Å². The SMILES string of the molecule is O=C(Cn1ccccc1=O)Nc1ccc(OC(F)F)c(F)c1. The summed E-state index contributed by atoms with van der Waals surface area (Å²) in [5.74, 6) is -2.21. The normalized spacial score (nSPS) is 10.5. The van der Waals surface area contributed by atoms with Crippen LogP contribution in [0.15, 0.2) is 47.4 Å². The Bertz CT molecular complexity index is 731.